The Labute approximate surface area is 226 Å². The first-order valence-corrected chi connectivity index (χ1v) is 13.9. The molecule has 1 fully saturated rings. The molecule has 12 heteroatoms. The van der Waals surface area contributed by atoms with Crippen molar-refractivity contribution in [1.29, 1.82) is 0 Å². The molecule has 3 aromatic carbocycles. The lowest BCUT2D eigenvalue weighted by Gasteiger charge is -2.26. The highest BCUT2D eigenvalue weighted by molar-refractivity contribution is 7.87. The van der Waals surface area contributed by atoms with E-state index in [2.05, 4.69) is 25.5 Å². The van der Waals surface area contributed by atoms with E-state index < -0.39 is 16.1 Å². The van der Waals surface area contributed by atoms with E-state index in [1.807, 2.05) is 30.3 Å². The number of benzene rings is 3. The highest BCUT2D eigenvalue weighted by Gasteiger charge is 2.18. The van der Waals surface area contributed by atoms with E-state index in [1.165, 1.54) is 24.3 Å². The highest BCUT2D eigenvalue weighted by Crippen LogP contribution is 2.25. The monoisotopic (exact) mass is 551 g/mol. The molecule has 1 saturated heterocycles. The Morgan fingerprint density at radius 2 is 1.74 bits per heavy atom. The molecule has 0 spiro atoms. The van der Waals surface area contributed by atoms with Gasteiger partial charge in [-0.15, -0.1) is 0 Å². The number of aromatic amines is 1. The molecular formula is C27H29N5O6S. The number of hydrogen-bond donors (Lipinski definition) is 3. The number of carbonyl (C=O) groups excluding carboxylic acids is 1. The van der Waals surface area contributed by atoms with Gasteiger partial charge in [-0.25, -0.2) is 9.78 Å². The summed E-state index contributed by atoms with van der Waals surface area (Å²) in [4.78, 5) is 21.7. The van der Waals surface area contributed by atoms with Gasteiger partial charge in [-0.05, 0) is 42.0 Å². The number of rotatable bonds is 10. The molecule has 0 radical (unpaired) electrons. The van der Waals surface area contributed by atoms with Gasteiger partial charge >= 0.3 is 16.1 Å². The van der Waals surface area contributed by atoms with Crippen LogP contribution in [0.5, 0.6) is 11.5 Å². The van der Waals surface area contributed by atoms with Crippen molar-refractivity contribution in [2.75, 3.05) is 44.7 Å². The van der Waals surface area contributed by atoms with Crippen LogP contribution in [0, 0.1) is 0 Å². The van der Waals surface area contributed by atoms with Crippen LogP contribution in [-0.2, 0) is 21.5 Å². The Bertz CT molecular complexity index is 1500. The number of urea groups is 1. The molecule has 2 heterocycles. The Balaban J connectivity index is 1.15. The molecule has 2 amide bonds. The maximum absolute atomic E-state index is 12.8. The Morgan fingerprint density at radius 1 is 1.00 bits per heavy atom. The second-order valence-electron chi connectivity index (χ2n) is 8.88. The molecule has 0 atom stereocenters. The van der Waals surface area contributed by atoms with Crippen molar-refractivity contribution < 1.29 is 26.9 Å². The third kappa shape index (κ3) is 7.25. The van der Waals surface area contributed by atoms with E-state index in [1.54, 1.807) is 18.2 Å². The second kappa shape index (κ2) is 12.2. The van der Waals surface area contributed by atoms with E-state index in [4.69, 9.17) is 13.7 Å². The molecular weight excluding hydrogens is 522 g/mol. The first-order chi connectivity index (χ1) is 18.9. The number of imidazole rings is 1. The number of H-pyrrole nitrogens is 1. The summed E-state index contributed by atoms with van der Waals surface area (Å²) in [5, 5.41) is 5.46. The predicted octanol–water partition coefficient (Wildman–Crippen LogP) is 3.36. The van der Waals surface area contributed by atoms with E-state index in [-0.39, 0.29) is 16.6 Å². The maximum Gasteiger partial charge on any atom is 0.339 e. The lowest BCUT2D eigenvalue weighted by molar-refractivity contribution is 0.0388. The summed E-state index contributed by atoms with van der Waals surface area (Å²) >= 11 is 0. The standard InChI is InChI=1S/C27H29N5O6S/c33-27(28-12-13-32-14-16-36-17-15-32)31-26-29-24-11-8-22(18-25(24)30-26)38-39(34,35)23-9-6-21(7-10-23)37-19-20-4-2-1-3-5-20/h1-11,18H,12-17,19H2,(H3,28,29,30,31,33). The summed E-state index contributed by atoms with van der Waals surface area (Å²) in [5.74, 6) is 0.888. The van der Waals surface area contributed by atoms with Gasteiger partial charge < -0.3 is 24.0 Å². The molecule has 4 aromatic rings. The predicted molar refractivity (Wildman–Crippen MR) is 145 cm³/mol. The highest BCUT2D eigenvalue weighted by atomic mass is 32.2. The Kier molecular flexibility index (Phi) is 8.25. The summed E-state index contributed by atoms with van der Waals surface area (Å²) < 4.78 is 42.0. The zero-order valence-electron chi connectivity index (χ0n) is 21.1. The Hall–Kier alpha value is -4.13. The van der Waals surface area contributed by atoms with Crippen LogP contribution >= 0.6 is 0 Å². The van der Waals surface area contributed by atoms with Gasteiger partial charge in [0.1, 0.15) is 23.0 Å². The van der Waals surface area contributed by atoms with Crippen molar-refractivity contribution in [1.82, 2.24) is 20.2 Å². The van der Waals surface area contributed by atoms with Crippen LogP contribution < -0.4 is 19.6 Å². The fraction of sp³-hybridized carbons (Fsp3) is 0.259. The van der Waals surface area contributed by atoms with Crippen molar-refractivity contribution in [3.63, 3.8) is 0 Å². The molecule has 5 rings (SSSR count). The lowest BCUT2D eigenvalue weighted by atomic mass is 10.2. The van der Waals surface area contributed by atoms with Crippen molar-refractivity contribution in [2.24, 2.45) is 0 Å². The van der Waals surface area contributed by atoms with E-state index in [0.29, 0.717) is 43.1 Å². The van der Waals surface area contributed by atoms with Gasteiger partial charge in [0.15, 0.2) is 0 Å². The molecule has 3 N–H and O–H groups in total. The fourth-order valence-electron chi connectivity index (χ4n) is 4.02. The van der Waals surface area contributed by atoms with Crippen LogP contribution in [0.15, 0.2) is 77.7 Å². The molecule has 1 aliphatic rings. The maximum atomic E-state index is 12.8. The smallest absolute Gasteiger partial charge is 0.339 e. The summed E-state index contributed by atoms with van der Waals surface area (Å²) in [5.41, 5.74) is 2.06. The number of carbonyl (C=O) groups is 1. The van der Waals surface area contributed by atoms with Crippen LogP contribution in [0.1, 0.15) is 5.56 Å². The topological polar surface area (TPSA) is 135 Å². The molecule has 39 heavy (non-hydrogen) atoms. The number of nitrogens with one attached hydrogen (secondary N) is 3. The van der Waals surface area contributed by atoms with Gasteiger partial charge in [0.05, 0.1) is 24.2 Å². The molecule has 1 aromatic heterocycles. The van der Waals surface area contributed by atoms with E-state index in [9.17, 15) is 13.2 Å². The quantitative estimate of drug-likeness (QED) is 0.256. The van der Waals surface area contributed by atoms with Gasteiger partial charge in [-0.1, -0.05) is 30.3 Å². The first kappa shape index (κ1) is 26.5. The fourth-order valence-corrected chi connectivity index (χ4v) is 4.94. The third-order valence-corrected chi connectivity index (χ3v) is 7.33. The summed E-state index contributed by atoms with van der Waals surface area (Å²) in [7, 11) is -4.08. The number of hydrogen-bond acceptors (Lipinski definition) is 8. The van der Waals surface area contributed by atoms with Gasteiger partial charge in [-0.2, -0.15) is 8.42 Å². The minimum Gasteiger partial charge on any atom is -0.489 e. The number of nitrogens with zero attached hydrogens (tertiary/aromatic N) is 2. The van der Waals surface area contributed by atoms with Crippen molar-refractivity contribution >= 4 is 33.1 Å². The number of ether oxygens (including phenoxy) is 2. The first-order valence-electron chi connectivity index (χ1n) is 12.5. The molecule has 0 aliphatic carbocycles. The SMILES string of the molecule is O=C(NCCN1CCOCC1)Nc1nc2ccc(OS(=O)(=O)c3ccc(OCc4ccccc4)cc3)cc2[nH]1. The minimum absolute atomic E-state index is 0.00428. The zero-order chi connectivity index (χ0) is 27.1. The summed E-state index contributed by atoms with van der Waals surface area (Å²) in [6.07, 6.45) is 0. The van der Waals surface area contributed by atoms with Crippen LogP contribution in [0.2, 0.25) is 0 Å². The second-order valence-corrected chi connectivity index (χ2v) is 10.4. The third-order valence-electron chi connectivity index (χ3n) is 6.07. The zero-order valence-corrected chi connectivity index (χ0v) is 21.9. The summed E-state index contributed by atoms with van der Waals surface area (Å²) in [6.45, 7) is 4.70. The largest absolute Gasteiger partial charge is 0.489 e. The number of anilines is 1. The normalized spacial score (nSPS) is 14.2. The van der Waals surface area contributed by atoms with Crippen molar-refractivity contribution in [3.8, 4) is 11.5 Å². The average molecular weight is 552 g/mol. The molecule has 0 saturated carbocycles. The molecule has 11 nitrogen and oxygen atoms in total. The van der Waals surface area contributed by atoms with Gasteiger partial charge in [-0.3, -0.25) is 10.2 Å². The van der Waals surface area contributed by atoms with Crippen LogP contribution in [0.25, 0.3) is 11.0 Å². The van der Waals surface area contributed by atoms with Gasteiger partial charge in [0.2, 0.25) is 5.95 Å². The lowest BCUT2D eigenvalue weighted by Crippen LogP contribution is -2.42. The minimum atomic E-state index is -4.08. The molecule has 204 valence electrons. The van der Waals surface area contributed by atoms with Crippen molar-refractivity contribution in [2.45, 2.75) is 11.5 Å². The number of aromatic nitrogens is 2. The van der Waals surface area contributed by atoms with Gasteiger partial charge in [0, 0.05) is 32.2 Å². The molecule has 0 bridgehead atoms. The molecule has 0 unspecified atom stereocenters. The number of fused-ring (bicyclic) bond motifs is 1. The number of amides is 2. The Morgan fingerprint density at radius 3 is 2.51 bits per heavy atom. The van der Waals surface area contributed by atoms with E-state index in [0.717, 1.165) is 25.2 Å². The average Bonchev–Trinajstić information content (AvgIpc) is 3.34. The van der Waals surface area contributed by atoms with Crippen LogP contribution in [0.4, 0.5) is 10.7 Å². The molecule has 1 aliphatic heterocycles. The van der Waals surface area contributed by atoms with Crippen LogP contribution in [0.3, 0.4) is 0 Å². The van der Waals surface area contributed by atoms with E-state index >= 15 is 0 Å². The van der Waals surface area contributed by atoms with Gasteiger partial charge in [0.25, 0.3) is 0 Å². The van der Waals surface area contributed by atoms with Crippen molar-refractivity contribution in [3.05, 3.63) is 78.4 Å². The number of morpholine rings is 1. The van der Waals surface area contributed by atoms with Crippen LogP contribution in [-0.4, -0.2) is 68.7 Å². The summed E-state index contributed by atoms with van der Waals surface area (Å²) in [6, 6.07) is 20.0.